The average molecular weight is 229 g/mol. The van der Waals surface area contributed by atoms with E-state index in [2.05, 4.69) is 0 Å². The van der Waals surface area contributed by atoms with E-state index < -0.39 is 3.25 Å². The molecule has 0 aliphatic carbocycles. The van der Waals surface area contributed by atoms with Gasteiger partial charge in [-0.3, -0.25) is 10.1 Å². The largest absolute Gasteiger partial charge is 0.266 e. The minimum atomic E-state index is -1.61. The topological polar surface area (TPSA) is 43.1 Å². The van der Waals surface area contributed by atoms with E-state index in [0.29, 0.717) is 0 Å². The van der Waals surface area contributed by atoms with Crippen molar-refractivity contribution in [3.05, 3.63) is 10.1 Å². The van der Waals surface area contributed by atoms with Gasteiger partial charge in [0, 0.05) is 11.8 Å². The Balaban J connectivity index is 0. The SMILES string of the molecule is CC[N+](=O)[O-].ClC(Cl)(Cl)Cl. The Bertz CT molecular complexity index is 95.2. The molecule has 0 heterocycles. The maximum atomic E-state index is 9.17. The van der Waals surface area contributed by atoms with Gasteiger partial charge in [0.2, 0.25) is 6.54 Å². The summed E-state index contributed by atoms with van der Waals surface area (Å²) in [6, 6.07) is 0. The van der Waals surface area contributed by atoms with Crippen LogP contribution in [0.25, 0.3) is 0 Å². The maximum absolute atomic E-state index is 9.17. The van der Waals surface area contributed by atoms with E-state index in [1.807, 2.05) is 0 Å². The van der Waals surface area contributed by atoms with Crippen molar-refractivity contribution in [2.75, 3.05) is 6.54 Å². The summed E-state index contributed by atoms with van der Waals surface area (Å²) in [5, 5.41) is 9.17. The number of hydrogen-bond donors (Lipinski definition) is 0. The molecule has 0 N–H and O–H groups in total. The van der Waals surface area contributed by atoms with Gasteiger partial charge in [-0.1, -0.05) is 46.4 Å². The zero-order valence-electron chi connectivity index (χ0n) is 4.98. The molecule has 0 spiro atoms. The van der Waals surface area contributed by atoms with Crippen LogP contribution in [0.15, 0.2) is 0 Å². The molecular formula is C3H5Cl4NO2. The molecule has 0 saturated carbocycles. The van der Waals surface area contributed by atoms with Crippen molar-refractivity contribution < 1.29 is 4.92 Å². The molecule has 0 amide bonds. The molecule has 10 heavy (non-hydrogen) atoms. The first-order valence-electron chi connectivity index (χ1n) is 2.14. The van der Waals surface area contributed by atoms with Crippen LogP contribution in [0.1, 0.15) is 6.92 Å². The number of nitro groups is 1. The monoisotopic (exact) mass is 227 g/mol. The van der Waals surface area contributed by atoms with Crippen LogP contribution in [0, 0.1) is 10.1 Å². The molecule has 3 nitrogen and oxygen atoms in total. The van der Waals surface area contributed by atoms with Crippen molar-refractivity contribution in [1.29, 1.82) is 0 Å². The fourth-order valence-corrected chi connectivity index (χ4v) is 0. The van der Waals surface area contributed by atoms with Crippen molar-refractivity contribution in [3.63, 3.8) is 0 Å². The first-order chi connectivity index (χ1) is 4.27. The minimum absolute atomic E-state index is 0.0278. The highest BCUT2D eigenvalue weighted by molar-refractivity contribution is 6.83. The Kier molecular flexibility index (Phi) is 8.27. The summed E-state index contributed by atoms with van der Waals surface area (Å²) >= 11 is 19.3. The van der Waals surface area contributed by atoms with Gasteiger partial charge in [0.15, 0.2) is 0 Å². The van der Waals surface area contributed by atoms with Crippen molar-refractivity contribution in [1.82, 2.24) is 0 Å². The third-order valence-electron chi connectivity index (χ3n) is 0.258. The molecule has 0 bridgehead atoms. The molecule has 0 aliphatic heterocycles. The van der Waals surface area contributed by atoms with Gasteiger partial charge in [-0.25, -0.2) is 0 Å². The first-order valence-corrected chi connectivity index (χ1v) is 3.66. The van der Waals surface area contributed by atoms with E-state index in [4.69, 9.17) is 46.4 Å². The Morgan fingerprint density at radius 1 is 1.40 bits per heavy atom. The van der Waals surface area contributed by atoms with Gasteiger partial charge in [0.1, 0.15) is 0 Å². The van der Waals surface area contributed by atoms with Crippen LogP contribution in [0.5, 0.6) is 0 Å². The number of nitrogens with zero attached hydrogens (tertiary/aromatic N) is 1. The molecule has 0 radical (unpaired) electrons. The highest BCUT2D eigenvalue weighted by atomic mass is 35.6. The molecule has 0 fully saturated rings. The Morgan fingerprint density at radius 2 is 1.50 bits per heavy atom. The summed E-state index contributed by atoms with van der Waals surface area (Å²) in [5.41, 5.74) is 0. The van der Waals surface area contributed by atoms with Crippen molar-refractivity contribution in [2.24, 2.45) is 0 Å². The molecule has 0 atom stereocenters. The van der Waals surface area contributed by atoms with E-state index in [1.165, 1.54) is 6.92 Å². The van der Waals surface area contributed by atoms with E-state index in [-0.39, 0.29) is 11.5 Å². The van der Waals surface area contributed by atoms with Crippen LogP contribution in [0.2, 0.25) is 0 Å². The lowest BCUT2D eigenvalue weighted by molar-refractivity contribution is -0.475. The van der Waals surface area contributed by atoms with Crippen LogP contribution in [0.4, 0.5) is 0 Å². The second kappa shape index (κ2) is 6.28. The molecule has 0 saturated heterocycles. The maximum Gasteiger partial charge on any atom is 0.266 e. The third-order valence-corrected chi connectivity index (χ3v) is 0.258. The highest BCUT2D eigenvalue weighted by Crippen LogP contribution is 2.29. The van der Waals surface area contributed by atoms with Crippen molar-refractivity contribution >= 4 is 46.4 Å². The van der Waals surface area contributed by atoms with Crippen LogP contribution >= 0.6 is 46.4 Å². The predicted octanol–water partition coefficient (Wildman–Crippen LogP) is 2.84. The van der Waals surface area contributed by atoms with Crippen LogP contribution in [-0.2, 0) is 0 Å². The molecular weight excluding hydrogens is 224 g/mol. The summed E-state index contributed by atoms with van der Waals surface area (Å²) in [5.74, 6) is 0. The Labute approximate surface area is 78.3 Å². The smallest absolute Gasteiger partial charge is 0.265 e. The van der Waals surface area contributed by atoms with Crippen LogP contribution in [0.3, 0.4) is 0 Å². The normalized spacial score (nSPS) is 9.70. The van der Waals surface area contributed by atoms with Crippen LogP contribution < -0.4 is 0 Å². The van der Waals surface area contributed by atoms with Gasteiger partial charge in [-0.05, 0) is 0 Å². The zero-order chi connectivity index (χ0) is 8.78. The van der Waals surface area contributed by atoms with Gasteiger partial charge in [-0.2, -0.15) is 0 Å². The molecule has 0 aromatic carbocycles. The summed E-state index contributed by atoms with van der Waals surface area (Å²) < 4.78 is -1.61. The highest BCUT2D eigenvalue weighted by Gasteiger charge is 2.11. The molecule has 0 rings (SSSR count). The number of hydrogen-bond acceptors (Lipinski definition) is 2. The molecule has 0 aromatic rings. The molecule has 0 unspecified atom stereocenters. The summed E-state index contributed by atoms with van der Waals surface area (Å²) in [6.07, 6.45) is 0. The van der Waals surface area contributed by atoms with Gasteiger partial charge in [0.25, 0.3) is 3.25 Å². The van der Waals surface area contributed by atoms with E-state index in [0.717, 1.165) is 0 Å². The fourth-order valence-electron chi connectivity index (χ4n) is 0. The van der Waals surface area contributed by atoms with E-state index in [1.54, 1.807) is 0 Å². The van der Waals surface area contributed by atoms with Gasteiger partial charge in [-0.15, -0.1) is 0 Å². The van der Waals surface area contributed by atoms with Gasteiger partial charge < -0.3 is 0 Å². The quantitative estimate of drug-likeness (QED) is 0.394. The molecule has 0 aromatic heterocycles. The second-order valence-corrected chi connectivity index (χ2v) is 4.51. The summed E-state index contributed by atoms with van der Waals surface area (Å²) in [4.78, 5) is 8.80. The average Bonchev–Trinajstić information content (AvgIpc) is 1.61. The molecule has 0 aliphatic rings. The first kappa shape index (κ1) is 13.2. The Morgan fingerprint density at radius 3 is 1.50 bits per heavy atom. The number of halogens is 4. The third kappa shape index (κ3) is 74.7. The lowest BCUT2D eigenvalue weighted by Gasteiger charge is -1.91. The van der Waals surface area contributed by atoms with Crippen molar-refractivity contribution in [3.8, 4) is 0 Å². The van der Waals surface area contributed by atoms with Gasteiger partial charge in [0.05, 0.1) is 0 Å². The van der Waals surface area contributed by atoms with Gasteiger partial charge >= 0.3 is 0 Å². The van der Waals surface area contributed by atoms with Crippen molar-refractivity contribution in [2.45, 2.75) is 10.2 Å². The summed E-state index contributed by atoms with van der Waals surface area (Å²) in [7, 11) is 0. The predicted molar refractivity (Wildman–Crippen MR) is 43.7 cm³/mol. The molecule has 7 heteroatoms. The lowest BCUT2D eigenvalue weighted by Crippen LogP contribution is -1.92. The lowest BCUT2D eigenvalue weighted by atomic mass is 10.8. The molecule has 62 valence electrons. The van der Waals surface area contributed by atoms with E-state index in [9.17, 15) is 10.1 Å². The fraction of sp³-hybridized carbons (Fsp3) is 1.00. The standard InChI is InChI=1S/C2H5NO2.CCl4/c1-2-3(4)5;2-1(3,4)5/h2H2,1H3;. The second-order valence-electron chi connectivity index (χ2n) is 1.08. The summed E-state index contributed by atoms with van der Waals surface area (Å²) in [6.45, 7) is 1.53. The zero-order valence-corrected chi connectivity index (χ0v) is 8.01. The van der Waals surface area contributed by atoms with E-state index >= 15 is 0 Å². The van der Waals surface area contributed by atoms with Crippen LogP contribution in [-0.4, -0.2) is 14.7 Å². The number of rotatable bonds is 1. The minimum Gasteiger partial charge on any atom is -0.265 e. The number of alkyl halides is 4. The Hall–Kier alpha value is 0.560.